The fraction of sp³-hybridized carbons (Fsp3) is 0. The van der Waals surface area contributed by atoms with E-state index in [0.29, 0.717) is 0 Å². The van der Waals surface area contributed by atoms with Gasteiger partial charge in [0.2, 0.25) is 0 Å². The van der Waals surface area contributed by atoms with E-state index in [4.69, 9.17) is 0 Å². The van der Waals surface area contributed by atoms with Gasteiger partial charge >= 0.3 is 0 Å². The van der Waals surface area contributed by atoms with Crippen molar-refractivity contribution in [2.75, 3.05) is 0 Å². The van der Waals surface area contributed by atoms with Crippen molar-refractivity contribution in [1.82, 2.24) is 0 Å². The number of hydrogen-bond acceptors (Lipinski definition) is 0. The van der Waals surface area contributed by atoms with Crippen molar-refractivity contribution in [2.45, 2.75) is 0 Å². The Morgan fingerprint density at radius 1 is 0.190 bits per heavy atom. The van der Waals surface area contributed by atoms with Gasteiger partial charge in [-0.25, -0.2) is 0 Å². The molecule has 10 aromatic carbocycles. The molecule has 0 saturated heterocycles. The lowest BCUT2D eigenvalue weighted by Gasteiger charge is -2.12. The monoisotopic (exact) mass is 530 g/mol. The Morgan fingerprint density at radius 2 is 0.595 bits per heavy atom. The fourth-order valence-electron chi connectivity index (χ4n) is 7.00. The van der Waals surface area contributed by atoms with E-state index in [1.807, 2.05) is 0 Å². The standard InChI is InChI=1S/C22H14.C20H12/c1-3-7-19-15(5-1)9-11-17-14-22-18(13-21(17)19)12-10-16-6-2-4-8-20(16)22;1-2-7-17-15(4-1)12-16-9-8-13-5-3-6-14-10-11-18(17)20(16)19(13)14/h1-14H;1-12H. The first kappa shape index (κ1) is 23.3. The lowest BCUT2D eigenvalue weighted by atomic mass is 9.91. The van der Waals surface area contributed by atoms with Crippen LogP contribution in [0.15, 0.2) is 158 Å². The number of hydrogen-bond donors (Lipinski definition) is 0. The Hall–Kier alpha value is -5.46. The highest BCUT2D eigenvalue weighted by molar-refractivity contribution is 6.28. The Morgan fingerprint density at radius 3 is 1.21 bits per heavy atom. The second-order valence-corrected chi connectivity index (χ2v) is 11.3. The largest absolute Gasteiger partial charge is 0.0616 e. The minimum atomic E-state index is 1.30. The topological polar surface area (TPSA) is 0 Å². The highest BCUT2D eigenvalue weighted by Gasteiger charge is 2.10. The van der Waals surface area contributed by atoms with Crippen LogP contribution >= 0.6 is 0 Å². The van der Waals surface area contributed by atoms with E-state index in [-0.39, 0.29) is 0 Å². The summed E-state index contributed by atoms with van der Waals surface area (Å²) in [5.41, 5.74) is 0. The third kappa shape index (κ3) is 3.49. The molecule has 194 valence electrons. The van der Waals surface area contributed by atoms with Gasteiger partial charge in [-0.2, -0.15) is 0 Å². The van der Waals surface area contributed by atoms with Gasteiger partial charge in [-0.1, -0.05) is 140 Å². The van der Waals surface area contributed by atoms with Crippen LogP contribution in [-0.4, -0.2) is 0 Å². The van der Waals surface area contributed by atoms with Crippen LogP contribution in [-0.2, 0) is 0 Å². The molecule has 0 aliphatic rings. The average molecular weight is 531 g/mol. The van der Waals surface area contributed by atoms with Crippen LogP contribution in [0, 0.1) is 0 Å². The van der Waals surface area contributed by atoms with Crippen LogP contribution in [0.3, 0.4) is 0 Å². The van der Waals surface area contributed by atoms with E-state index in [9.17, 15) is 0 Å². The minimum Gasteiger partial charge on any atom is -0.0616 e. The second-order valence-electron chi connectivity index (χ2n) is 11.3. The zero-order chi connectivity index (χ0) is 27.6. The normalized spacial score (nSPS) is 11.8. The molecule has 0 fully saturated rings. The van der Waals surface area contributed by atoms with Crippen LogP contribution in [0.1, 0.15) is 0 Å². The average Bonchev–Trinajstić information content (AvgIpc) is 3.06. The summed E-state index contributed by atoms with van der Waals surface area (Å²) in [6, 6.07) is 57.3. The van der Waals surface area contributed by atoms with Crippen molar-refractivity contribution in [3.05, 3.63) is 158 Å². The smallest absolute Gasteiger partial charge is 0.00204 e. The van der Waals surface area contributed by atoms with Gasteiger partial charge in [0.05, 0.1) is 0 Å². The predicted octanol–water partition coefficient (Wildman–Crippen LogP) is 12.0. The molecule has 0 bridgehead atoms. The van der Waals surface area contributed by atoms with Crippen molar-refractivity contribution in [1.29, 1.82) is 0 Å². The van der Waals surface area contributed by atoms with Gasteiger partial charge < -0.3 is 0 Å². The lowest BCUT2D eigenvalue weighted by molar-refractivity contribution is 1.78. The summed E-state index contributed by atoms with van der Waals surface area (Å²) in [6.45, 7) is 0. The molecule has 0 saturated carbocycles. The summed E-state index contributed by atoms with van der Waals surface area (Å²) in [6.07, 6.45) is 0. The highest BCUT2D eigenvalue weighted by atomic mass is 14.1. The van der Waals surface area contributed by atoms with Crippen molar-refractivity contribution in [2.24, 2.45) is 0 Å². The van der Waals surface area contributed by atoms with Crippen LogP contribution < -0.4 is 0 Å². The van der Waals surface area contributed by atoms with E-state index in [2.05, 4.69) is 158 Å². The van der Waals surface area contributed by atoms with E-state index in [1.165, 1.54) is 86.2 Å². The van der Waals surface area contributed by atoms with Crippen LogP contribution in [0.2, 0.25) is 0 Å². The number of benzene rings is 10. The molecule has 0 heterocycles. The molecule has 0 aliphatic heterocycles. The van der Waals surface area contributed by atoms with Gasteiger partial charge in [0.25, 0.3) is 0 Å². The zero-order valence-electron chi connectivity index (χ0n) is 23.0. The van der Waals surface area contributed by atoms with Gasteiger partial charge in [0, 0.05) is 0 Å². The zero-order valence-corrected chi connectivity index (χ0v) is 23.0. The molecule has 0 atom stereocenters. The molecule has 0 radical (unpaired) electrons. The molecule has 0 nitrogen and oxygen atoms in total. The van der Waals surface area contributed by atoms with Crippen molar-refractivity contribution in [3.8, 4) is 0 Å². The molecule has 0 unspecified atom stereocenters. The maximum Gasteiger partial charge on any atom is -0.00204 e. The maximum absolute atomic E-state index is 2.33. The summed E-state index contributed by atoms with van der Waals surface area (Å²) in [5.74, 6) is 0. The quantitative estimate of drug-likeness (QED) is 0.135. The number of fused-ring (bicyclic) bond motifs is 8. The van der Waals surface area contributed by atoms with Gasteiger partial charge in [-0.15, -0.1) is 0 Å². The van der Waals surface area contributed by atoms with E-state index in [0.717, 1.165) is 0 Å². The molecule has 0 aliphatic carbocycles. The SMILES string of the molecule is c1ccc2c(c1)cc1ccc3cccc4ccc2c1c34.c1ccc2c(c1)ccc1cc3c(ccc4ccccc43)cc12. The van der Waals surface area contributed by atoms with Crippen LogP contribution in [0.5, 0.6) is 0 Å². The first-order valence-electron chi connectivity index (χ1n) is 14.6. The fourth-order valence-corrected chi connectivity index (χ4v) is 7.00. The van der Waals surface area contributed by atoms with E-state index in [1.54, 1.807) is 0 Å². The van der Waals surface area contributed by atoms with Gasteiger partial charge in [-0.05, 0) is 104 Å². The third-order valence-corrected chi connectivity index (χ3v) is 8.98. The summed E-state index contributed by atoms with van der Waals surface area (Å²) in [5, 5.41) is 21.4. The molecular weight excluding hydrogens is 504 g/mol. The number of rotatable bonds is 0. The van der Waals surface area contributed by atoms with Gasteiger partial charge in [0.1, 0.15) is 0 Å². The first-order valence-corrected chi connectivity index (χ1v) is 14.6. The Kier molecular flexibility index (Phi) is 5.00. The third-order valence-electron chi connectivity index (χ3n) is 8.98. The molecule has 42 heavy (non-hydrogen) atoms. The molecule has 10 aromatic rings. The van der Waals surface area contributed by atoms with Gasteiger partial charge in [0.15, 0.2) is 0 Å². The molecule has 0 N–H and O–H groups in total. The minimum absolute atomic E-state index is 1.30. The molecule has 0 spiro atoms. The molecule has 10 rings (SSSR count). The second kappa shape index (κ2) is 9.03. The van der Waals surface area contributed by atoms with Crippen LogP contribution in [0.25, 0.3) is 86.2 Å². The van der Waals surface area contributed by atoms with E-state index >= 15 is 0 Å². The van der Waals surface area contributed by atoms with Gasteiger partial charge in [-0.3, -0.25) is 0 Å². The van der Waals surface area contributed by atoms with Crippen molar-refractivity contribution >= 4 is 86.2 Å². The van der Waals surface area contributed by atoms with Crippen LogP contribution in [0.4, 0.5) is 0 Å². The Bertz CT molecular complexity index is 2510. The summed E-state index contributed by atoms with van der Waals surface area (Å²) >= 11 is 0. The molecular formula is C42H26. The maximum atomic E-state index is 2.33. The van der Waals surface area contributed by atoms with Crippen molar-refractivity contribution < 1.29 is 0 Å². The predicted molar refractivity (Wildman–Crippen MR) is 184 cm³/mol. The highest BCUT2D eigenvalue weighted by Crippen LogP contribution is 2.38. The van der Waals surface area contributed by atoms with Crippen molar-refractivity contribution in [3.63, 3.8) is 0 Å². The summed E-state index contributed by atoms with van der Waals surface area (Å²) < 4.78 is 0. The molecule has 0 aromatic heterocycles. The summed E-state index contributed by atoms with van der Waals surface area (Å²) in [4.78, 5) is 0. The Labute approximate surface area is 243 Å². The first-order chi connectivity index (χ1) is 20.8. The molecule has 0 amide bonds. The summed E-state index contributed by atoms with van der Waals surface area (Å²) in [7, 11) is 0. The van der Waals surface area contributed by atoms with E-state index < -0.39 is 0 Å². The lowest BCUT2D eigenvalue weighted by Crippen LogP contribution is -1.85. The Balaban J connectivity index is 0.000000120. The molecule has 0 heteroatoms.